The molecule has 8 aromatic rings. The van der Waals surface area contributed by atoms with Crippen LogP contribution < -0.4 is 10.7 Å². The molecular formula is C36H20N6OS2. The molecular weight excluding hydrogens is 597 g/mol. The Morgan fingerprint density at radius 3 is 1.49 bits per heavy atom. The molecule has 0 fully saturated rings. The number of rotatable bonds is 4. The van der Waals surface area contributed by atoms with Gasteiger partial charge in [-0.25, -0.2) is 9.97 Å². The molecule has 0 aliphatic heterocycles. The van der Waals surface area contributed by atoms with Gasteiger partial charge in [0.15, 0.2) is 0 Å². The highest BCUT2D eigenvalue weighted by Crippen LogP contribution is 2.34. The molecule has 0 spiro atoms. The van der Waals surface area contributed by atoms with Crippen LogP contribution in [0, 0.1) is 22.7 Å². The molecule has 7 nitrogen and oxygen atoms in total. The van der Waals surface area contributed by atoms with Crippen molar-refractivity contribution in [3.05, 3.63) is 124 Å². The predicted molar refractivity (Wildman–Crippen MR) is 180 cm³/mol. The molecule has 4 heterocycles. The Kier molecular flexibility index (Phi) is 6.28. The molecule has 0 aliphatic carbocycles. The number of H-pyrrole nitrogens is 2. The third-order valence-electron chi connectivity index (χ3n) is 7.71. The summed E-state index contributed by atoms with van der Waals surface area (Å²) in [6.45, 7) is 0. The molecule has 9 heteroatoms. The Labute approximate surface area is 264 Å². The van der Waals surface area contributed by atoms with Crippen LogP contribution in [0.25, 0.3) is 64.9 Å². The van der Waals surface area contributed by atoms with Gasteiger partial charge in [-0.05, 0) is 59.7 Å². The number of hydrogen-bond donors (Lipinski definition) is 3. The van der Waals surface area contributed by atoms with E-state index in [0.717, 1.165) is 48.0 Å². The molecule has 4 aromatic carbocycles. The van der Waals surface area contributed by atoms with Crippen LogP contribution in [0.1, 0.15) is 10.0 Å². The van der Waals surface area contributed by atoms with Crippen molar-refractivity contribution in [2.45, 2.75) is 0 Å². The van der Waals surface area contributed by atoms with Gasteiger partial charge in [-0.1, -0.05) is 54.6 Å². The van der Waals surface area contributed by atoms with Crippen LogP contribution in [0.3, 0.4) is 0 Å². The topological polar surface area (TPSA) is 125 Å². The second kappa shape index (κ2) is 10.6. The second-order valence-corrected chi connectivity index (χ2v) is 12.4. The number of para-hydroxylation sites is 2. The molecule has 0 amide bonds. The lowest BCUT2D eigenvalue weighted by Crippen LogP contribution is -2.10. The van der Waals surface area contributed by atoms with Gasteiger partial charge in [0, 0.05) is 10.8 Å². The fraction of sp³-hybridized carbons (Fsp3) is 0. The highest BCUT2D eigenvalue weighted by molar-refractivity contribution is 7.20. The van der Waals surface area contributed by atoms with E-state index in [1.54, 1.807) is 12.1 Å². The number of nitriles is 2. The Morgan fingerprint density at radius 1 is 0.578 bits per heavy atom. The van der Waals surface area contributed by atoms with E-state index in [1.165, 1.54) is 22.7 Å². The van der Waals surface area contributed by atoms with Gasteiger partial charge in [-0.2, -0.15) is 10.5 Å². The summed E-state index contributed by atoms with van der Waals surface area (Å²) in [4.78, 5) is 16.8. The van der Waals surface area contributed by atoms with E-state index < -0.39 is 0 Å². The number of nitrogens with one attached hydrogen (secondary N) is 2. The summed E-state index contributed by atoms with van der Waals surface area (Å²) >= 11 is 2.92. The lowest BCUT2D eigenvalue weighted by Gasteiger charge is -2.01. The van der Waals surface area contributed by atoms with Gasteiger partial charge < -0.3 is 15.1 Å². The van der Waals surface area contributed by atoms with Gasteiger partial charge in [0.2, 0.25) is 0 Å². The molecule has 0 bridgehead atoms. The van der Waals surface area contributed by atoms with E-state index >= 15 is 0 Å². The fourth-order valence-electron chi connectivity index (χ4n) is 5.67. The number of aromatic amines is 2. The molecule has 3 N–H and O–H groups in total. The molecule has 0 saturated heterocycles. The van der Waals surface area contributed by atoms with Gasteiger partial charge >= 0.3 is 0 Å². The predicted octanol–water partition coefficient (Wildman–Crippen LogP) is 7.20. The molecule has 0 aliphatic rings. The Hall–Kier alpha value is -6.00. The summed E-state index contributed by atoms with van der Waals surface area (Å²) in [5.41, 5.74) is 5.58. The number of hydrogen-bond acceptors (Lipinski definition) is 7. The Morgan fingerprint density at radius 2 is 1.02 bits per heavy atom. The number of nitrogens with zero attached hydrogens (tertiary/aromatic N) is 4. The molecule has 8 rings (SSSR count). The average Bonchev–Trinajstić information content (AvgIpc) is 3.86. The van der Waals surface area contributed by atoms with Crippen molar-refractivity contribution >= 4 is 65.0 Å². The van der Waals surface area contributed by atoms with Crippen molar-refractivity contribution in [2.24, 2.45) is 0 Å². The first-order valence-corrected chi connectivity index (χ1v) is 15.7. The van der Waals surface area contributed by atoms with Crippen molar-refractivity contribution < 1.29 is 5.11 Å². The summed E-state index contributed by atoms with van der Waals surface area (Å²) in [7, 11) is 0. The number of benzene rings is 4. The number of thiazole rings is 2. The van der Waals surface area contributed by atoms with Crippen LogP contribution in [0.2, 0.25) is 0 Å². The molecule has 4 aromatic heterocycles. The monoisotopic (exact) mass is 616 g/mol. The van der Waals surface area contributed by atoms with Crippen LogP contribution in [-0.4, -0.2) is 25.0 Å². The standard InChI is InChI=1S/C36H20N6OS2/c37-18-23(35-39-25-10-4-6-12-27(25)44-35)33-29-30(32(42-33)21-14-16-22(43)17-15-21)34(41-31(29)20-8-2-1-3-9-20)24(19-38)36-40-26-11-5-7-13-28(26)45-36/h1-17,41-43H/b33-23-,34-24-. The minimum atomic E-state index is 0.138. The maximum atomic E-state index is 10.7. The number of fused-ring (bicyclic) bond motifs is 3. The zero-order valence-electron chi connectivity index (χ0n) is 23.4. The highest BCUT2D eigenvalue weighted by atomic mass is 32.1. The molecule has 45 heavy (non-hydrogen) atoms. The highest BCUT2D eigenvalue weighted by Gasteiger charge is 2.23. The van der Waals surface area contributed by atoms with E-state index in [4.69, 9.17) is 9.97 Å². The zero-order valence-corrected chi connectivity index (χ0v) is 25.0. The van der Waals surface area contributed by atoms with Gasteiger partial charge in [-0.3, -0.25) is 0 Å². The minimum absolute atomic E-state index is 0.138. The van der Waals surface area contributed by atoms with Crippen LogP contribution in [-0.2, 0) is 0 Å². The minimum Gasteiger partial charge on any atom is -0.508 e. The first-order chi connectivity index (χ1) is 22.1. The molecule has 0 saturated carbocycles. The molecule has 212 valence electrons. The van der Waals surface area contributed by atoms with E-state index in [-0.39, 0.29) is 5.75 Å². The van der Waals surface area contributed by atoms with Crippen LogP contribution >= 0.6 is 22.7 Å². The van der Waals surface area contributed by atoms with Crippen LogP contribution in [0.4, 0.5) is 0 Å². The summed E-state index contributed by atoms with van der Waals surface area (Å²) in [6.07, 6.45) is 0. The number of aromatic nitrogens is 4. The maximum Gasteiger partial charge on any atom is 0.137 e. The van der Waals surface area contributed by atoms with Gasteiger partial charge in [0.05, 0.1) is 42.5 Å². The van der Waals surface area contributed by atoms with Crippen molar-refractivity contribution in [2.75, 3.05) is 0 Å². The first kappa shape index (κ1) is 26.6. The van der Waals surface area contributed by atoms with Crippen molar-refractivity contribution in [1.82, 2.24) is 19.9 Å². The summed E-state index contributed by atoms with van der Waals surface area (Å²) in [6, 6.07) is 37.3. The molecule has 0 unspecified atom stereocenters. The lowest BCUT2D eigenvalue weighted by atomic mass is 10.0. The van der Waals surface area contributed by atoms with Crippen molar-refractivity contribution in [3.8, 4) is 40.4 Å². The maximum absolute atomic E-state index is 10.7. The average molecular weight is 617 g/mol. The summed E-state index contributed by atoms with van der Waals surface area (Å²) < 4.78 is 1.96. The summed E-state index contributed by atoms with van der Waals surface area (Å²) in [5, 5.41) is 35.3. The molecule has 0 atom stereocenters. The lowest BCUT2D eigenvalue weighted by molar-refractivity contribution is 0.475. The van der Waals surface area contributed by atoms with Gasteiger partial charge in [-0.15, -0.1) is 22.7 Å². The number of phenols is 1. The zero-order chi connectivity index (χ0) is 30.5. The van der Waals surface area contributed by atoms with E-state index in [2.05, 4.69) is 22.1 Å². The first-order valence-electron chi connectivity index (χ1n) is 14.0. The van der Waals surface area contributed by atoms with E-state index in [0.29, 0.717) is 37.6 Å². The number of aromatic hydroxyl groups is 1. The quantitative estimate of drug-likeness (QED) is 0.193. The van der Waals surface area contributed by atoms with Crippen molar-refractivity contribution in [3.63, 3.8) is 0 Å². The summed E-state index contributed by atoms with van der Waals surface area (Å²) in [5.74, 6) is 0.138. The molecule has 0 radical (unpaired) electrons. The SMILES string of the molecule is N#C/C(c1nc2ccccc2s1)=c1/[nH]c(-c2ccc(O)cc2)c2/c(=C(\C#N)c3nc4ccccc4s3)[nH]c(-c3ccccc3)c12. The number of phenolic OH excluding ortho intramolecular Hbond substituents is 1. The smallest absolute Gasteiger partial charge is 0.137 e. The fourth-order valence-corrected chi connectivity index (χ4v) is 7.60. The van der Waals surface area contributed by atoms with E-state index in [9.17, 15) is 15.6 Å². The second-order valence-electron chi connectivity index (χ2n) is 10.4. The largest absolute Gasteiger partial charge is 0.508 e. The van der Waals surface area contributed by atoms with Crippen LogP contribution in [0.5, 0.6) is 5.75 Å². The Balaban J connectivity index is 1.58. The Bertz CT molecular complexity index is 2470. The van der Waals surface area contributed by atoms with Crippen LogP contribution in [0.15, 0.2) is 103 Å². The van der Waals surface area contributed by atoms with Gasteiger partial charge in [0.1, 0.15) is 39.0 Å². The normalized spacial score (nSPS) is 12.8. The van der Waals surface area contributed by atoms with E-state index in [1.807, 2.05) is 91.0 Å². The third-order valence-corrected chi connectivity index (χ3v) is 9.82. The van der Waals surface area contributed by atoms with Crippen molar-refractivity contribution in [1.29, 1.82) is 10.5 Å². The third kappa shape index (κ3) is 4.38. The van der Waals surface area contributed by atoms with Gasteiger partial charge in [0.25, 0.3) is 0 Å².